The number of nitrogens with zero attached hydrogens (tertiary/aromatic N) is 1. The van der Waals surface area contributed by atoms with Crippen LogP contribution in [0.3, 0.4) is 0 Å². The van der Waals surface area contributed by atoms with Gasteiger partial charge in [0, 0.05) is 36.0 Å². The van der Waals surface area contributed by atoms with Crippen LogP contribution in [0.15, 0.2) is 53.5 Å². The Morgan fingerprint density at radius 2 is 1.85 bits per heavy atom. The minimum atomic E-state index is -1.29. The zero-order chi connectivity index (χ0) is 19.8. The molecule has 6 nitrogen and oxygen atoms in total. The van der Waals surface area contributed by atoms with Crippen molar-refractivity contribution in [3.63, 3.8) is 0 Å². The van der Waals surface area contributed by atoms with E-state index in [0.717, 1.165) is 4.57 Å². The van der Waals surface area contributed by atoms with E-state index in [1.165, 1.54) is 24.4 Å². The molecule has 0 aliphatic carbocycles. The minimum absolute atomic E-state index is 0.114. The molecule has 1 heterocycles. The number of rotatable bonds is 9. The van der Waals surface area contributed by atoms with Gasteiger partial charge in [0.1, 0.15) is 0 Å². The molecule has 0 saturated heterocycles. The minimum Gasteiger partial charge on any atom is -0.379 e. The molecule has 0 bridgehead atoms. The number of carbonyl (C=O) groups excluding carboxylic acids is 2. The Bertz CT molecular complexity index is 830. The van der Waals surface area contributed by atoms with Crippen LogP contribution < -0.4 is 10.9 Å². The predicted octanol–water partition coefficient (Wildman–Crippen LogP) is 2.86. The Morgan fingerprint density at radius 3 is 2.48 bits per heavy atom. The van der Waals surface area contributed by atoms with Crippen molar-refractivity contribution in [3.05, 3.63) is 69.6 Å². The summed E-state index contributed by atoms with van der Waals surface area (Å²) in [6.07, 6.45) is 2.15. The average Bonchev–Trinajstić information content (AvgIpc) is 2.63. The molecule has 2 aromatic rings. The highest BCUT2D eigenvalue weighted by Gasteiger charge is 2.29. The third kappa shape index (κ3) is 6.05. The first-order valence-corrected chi connectivity index (χ1v) is 9.14. The van der Waals surface area contributed by atoms with Crippen molar-refractivity contribution in [2.75, 3.05) is 13.2 Å². The van der Waals surface area contributed by atoms with Crippen molar-refractivity contribution in [2.45, 2.75) is 32.4 Å². The van der Waals surface area contributed by atoms with Gasteiger partial charge in [-0.15, -0.1) is 0 Å². The van der Waals surface area contributed by atoms with Crippen LogP contribution in [-0.2, 0) is 9.53 Å². The van der Waals surface area contributed by atoms with E-state index in [1.54, 1.807) is 24.3 Å². The summed E-state index contributed by atoms with van der Waals surface area (Å²) in [6.45, 7) is 4.71. The molecule has 1 atom stereocenters. The lowest BCUT2D eigenvalue weighted by atomic mass is 10.0. The fraction of sp³-hybridized carbons (Fsp3) is 0.350. The van der Waals surface area contributed by atoms with Gasteiger partial charge < -0.3 is 10.1 Å². The van der Waals surface area contributed by atoms with Crippen molar-refractivity contribution in [1.29, 1.82) is 0 Å². The summed E-state index contributed by atoms with van der Waals surface area (Å²) < 4.78 is 6.57. The molecule has 144 valence electrons. The van der Waals surface area contributed by atoms with Crippen LogP contribution in [0.5, 0.6) is 0 Å². The molecule has 1 N–H and O–H groups in total. The molecule has 27 heavy (non-hydrogen) atoms. The maximum atomic E-state index is 12.9. The van der Waals surface area contributed by atoms with Crippen LogP contribution in [0.4, 0.5) is 0 Å². The first-order chi connectivity index (χ1) is 12.9. The number of halogens is 1. The summed E-state index contributed by atoms with van der Waals surface area (Å²) in [5.74, 6) is -1.01. The van der Waals surface area contributed by atoms with Gasteiger partial charge in [-0.05, 0) is 50.6 Å². The normalized spacial score (nSPS) is 12.0. The smallest absolute Gasteiger partial charge is 0.251 e. The highest BCUT2D eigenvalue weighted by molar-refractivity contribution is 6.30. The molecule has 0 aliphatic rings. The van der Waals surface area contributed by atoms with Crippen molar-refractivity contribution in [1.82, 2.24) is 9.88 Å². The molecule has 1 aromatic heterocycles. The first kappa shape index (κ1) is 20.9. The Labute approximate surface area is 163 Å². The monoisotopic (exact) mass is 390 g/mol. The lowest BCUT2D eigenvalue weighted by Gasteiger charge is -2.18. The van der Waals surface area contributed by atoms with Gasteiger partial charge in [0.2, 0.25) is 0 Å². The lowest BCUT2D eigenvalue weighted by molar-refractivity contribution is -0.123. The number of aromatic nitrogens is 1. The summed E-state index contributed by atoms with van der Waals surface area (Å²) in [4.78, 5) is 37.9. The van der Waals surface area contributed by atoms with E-state index in [-0.39, 0.29) is 6.10 Å². The summed E-state index contributed by atoms with van der Waals surface area (Å²) in [6, 6.07) is 9.40. The van der Waals surface area contributed by atoms with Gasteiger partial charge in [-0.1, -0.05) is 17.7 Å². The summed E-state index contributed by atoms with van der Waals surface area (Å²) in [5.41, 5.74) is -0.124. The van der Waals surface area contributed by atoms with Gasteiger partial charge in [-0.3, -0.25) is 19.0 Å². The molecule has 2 rings (SSSR count). The second-order valence-electron chi connectivity index (χ2n) is 6.28. The number of benzene rings is 1. The third-order valence-electron chi connectivity index (χ3n) is 3.83. The lowest BCUT2D eigenvalue weighted by Crippen LogP contribution is -2.41. The fourth-order valence-corrected chi connectivity index (χ4v) is 2.62. The zero-order valence-corrected chi connectivity index (χ0v) is 16.1. The van der Waals surface area contributed by atoms with Crippen molar-refractivity contribution in [3.8, 4) is 0 Å². The number of pyridine rings is 1. The average molecular weight is 391 g/mol. The SMILES string of the molecule is CC(C)OCCCNC(=O)C(C(=O)c1ccc(Cl)cc1)n1ccccc1=O. The topological polar surface area (TPSA) is 77.4 Å². The maximum absolute atomic E-state index is 12.9. The van der Waals surface area contributed by atoms with E-state index in [1.807, 2.05) is 13.8 Å². The highest BCUT2D eigenvalue weighted by atomic mass is 35.5. The summed E-state index contributed by atoms with van der Waals surface area (Å²) in [5, 5.41) is 3.20. The van der Waals surface area contributed by atoms with E-state index in [2.05, 4.69) is 5.32 Å². The van der Waals surface area contributed by atoms with Crippen LogP contribution in [0.1, 0.15) is 36.7 Å². The molecule has 0 spiro atoms. The van der Waals surface area contributed by atoms with Gasteiger partial charge in [0.15, 0.2) is 11.8 Å². The molecule has 0 fully saturated rings. The van der Waals surface area contributed by atoms with Crippen LogP contribution in [-0.4, -0.2) is 35.5 Å². The Balaban J connectivity index is 2.19. The van der Waals surface area contributed by atoms with Gasteiger partial charge >= 0.3 is 0 Å². The Morgan fingerprint density at radius 1 is 1.15 bits per heavy atom. The van der Waals surface area contributed by atoms with Crippen molar-refractivity contribution in [2.24, 2.45) is 0 Å². The van der Waals surface area contributed by atoms with E-state index in [9.17, 15) is 14.4 Å². The van der Waals surface area contributed by atoms with Gasteiger partial charge in [0.05, 0.1) is 6.10 Å². The molecule has 1 aromatic carbocycles. The Kier molecular flexibility index (Phi) is 7.76. The number of Topliss-reactive ketones (excluding diaryl/α,β-unsaturated/α-hetero) is 1. The number of ketones is 1. The van der Waals surface area contributed by atoms with Crippen LogP contribution >= 0.6 is 11.6 Å². The first-order valence-electron chi connectivity index (χ1n) is 8.76. The second-order valence-corrected chi connectivity index (χ2v) is 6.72. The van der Waals surface area contributed by atoms with Crippen molar-refractivity contribution >= 4 is 23.3 Å². The van der Waals surface area contributed by atoms with E-state index in [4.69, 9.17) is 16.3 Å². The van der Waals surface area contributed by atoms with Crippen LogP contribution in [0, 0.1) is 0 Å². The van der Waals surface area contributed by atoms with E-state index >= 15 is 0 Å². The molecule has 0 saturated carbocycles. The zero-order valence-electron chi connectivity index (χ0n) is 15.4. The number of nitrogens with one attached hydrogen (secondary N) is 1. The maximum Gasteiger partial charge on any atom is 0.251 e. The predicted molar refractivity (Wildman–Crippen MR) is 104 cm³/mol. The van der Waals surface area contributed by atoms with Gasteiger partial charge in [0.25, 0.3) is 11.5 Å². The number of hydrogen-bond donors (Lipinski definition) is 1. The number of ether oxygens (including phenoxy) is 1. The van der Waals surface area contributed by atoms with Crippen molar-refractivity contribution < 1.29 is 14.3 Å². The molecular formula is C20H23ClN2O4. The molecular weight excluding hydrogens is 368 g/mol. The largest absolute Gasteiger partial charge is 0.379 e. The number of amides is 1. The Hall–Kier alpha value is -2.44. The highest BCUT2D eigenvalue weighted by Crippen LogP contribution is 2.16. The summed E-state index contributed by atoms with van der Waals surface area (Å²) in [7, 11) is 0. The van der Waals surface area contributed by atoms with Gasteiger partial charge in [-0.25, -0.2) is 0 Å². The standard InChI is InChI=1S/C20H23ClN2O4/c1-14(2)27-13-5-11-22-20(26)18(23-12-4-3-6-17(23)24)19(25)15-7-9-16(21)10-8-15/h3-4,6-10,12,14,18H,5,11,13H2,1-2H3,(H,22,26). The molecule has 0 aliphatic heterocycles. The molecule has 0 radical (unpaired) electrons. The second kappa shape index (κ2) is 10.0. The van der Waals surface area contributed by atoms with Crippen LogP contribution in [0.25, 0.3) is 0 Å². The van der Waals surface area contributed by atoms with Gasteiger partial charge in [-0.2, -0.15) is 0 Å². The third-order valence-corrected chi connectivity index (χ3v) is 4.08. The molecule has 7 heteroatoms. The molecule has 1 amide bonds. The van der Waals surface area contributed by atoms with E-state index < -0.39 is 23.3 Å². The van der Waals surface area contributed by atoms with E-state index in [0.29, 0.717) is 30.2 Å². The fourth-order valence-electron chi connectivity index (χ4n) is 2.50. The molecule has 1 unspecified atom stereocenters. The quantitative estimate of drug-likeness (QED) is 0.405. The number of carbonyl (C=O) groups is 2. The number of hydrogen-bond acceptors (Lipinski definition) is 4. The summed E-state index contributed by atoms with van der Waals surface area (Å²) >= 11 is 5.86. The van der Waals surface area contributed by atoms with Crippen LogP contribution in [0.2, 0.25) is 5.02 Å².